The van der Waals surface area contributed by atoms with Crippen molar-refractivity contribution in [2.45, 2.75) is 46.0 Å². The summed E-state index contributed by atoms with van der Waals surface area (Å²) in [4.78, 5) is 10.9. The van der Waals surface area contributed by atoms with Crippen molar-refractivity contribution < 1.29 is 15.0 Å². The zero-order valence-corrected chi connectivity index (χ0v) is 10.2. The van der Waals surface area contributed by atoms with Crippen molar-refractivity contribution in [1.82, 2.24) is 0 Å². The van der Waals surface area contributed by atoms with E-state index in [-0.39, 0.29) is 18.7 Å². The summed E-state index contributed by atoms with van der Waals surface area (Å²) in [6.07, 6.45) is 3.62. The standard InChI is InChI=1S/C12H23NO3/c1-9(2)5-3-4-6-10(12(15)16)11(13)7-8-14/h9-10,13-14H,3-8H2,1-2H3,(H,15,16). The molecule has 0 aromatic heterocycles. The van der Waals surface area contributed by atoms with Crippen LogP contribution in [0.2, 0.25) is 0 Å². The molecular formula is C12H23NO3. The molecule has 1 atom stereocenters. The molecule has 0 saturated heterocycles. The van der Waals surface area contributed by atoms with E-state index in [4.69, 9.17) is 15.6 Å². The van der Waals surface area contributed by atoms with Crippen molar-refractivity contribution in [3.8, 4) is 0 Å². The highest BCUT2D eigenvalue weighted by molar-refractivity contribution is 5.99. The summed E-state index contributed by atoms with van der Waals surface area (Å²) in [6, 6.07) is 0. The lowest BCUT2D eigenvalue weighted by Gasteiger charge is -2.13. The van der Waals surface area contributed by atoms with Crippen LogP contribution in [-0.2, 0) is 4.79 Å². The van der Waals surface area contributed by atoms with Crippen LogP contribution in [-0.4, -0.2) is 28.5 Å². The molecule has 0 rings (SSSR count). The van der Waals surface area contributed by atoms with Gasteiger partial charge in [0.05, 0.1) is 5.92 Å². The second-order valence-corrected chi connectivity index (χ2v) is 4.57. The first-order valence-corrected chi connectivity index (χ1v) is 5.90. The second kappa shape index (κ2) is 8.28. The molecule has 1 unspecified atom stereocenters. The van der Waals surface area contributed by atoms with Gasteiger partial charge in [-0.15, -0.1) is 0 Å². The van der Waals surface area contributed by atoms with Crippen LogP contribution >= 0.6 is 0 Å². The van der Waals surface area contributed by atoms with Crippen molar-refractivity contribution in [2.24, 2.45) is 11.8 Å². The van der Waals surface area contributed by atoms with E-state index in [1.807, 2.05) is 0 Å². The molecule has 0 radical (unpaired) electrons. The Labute approximate surface area is 97.2 Å². The van der Waals surface area contributed by atoms with Gasteiger partial charge in [-0.2, -0.15) is 0 Å². The number of aliphatic hydroxyl groups is 1. The second-order valence-electron chi connectivity index (χ2n) is 4.57. The summed E-state index contributed by atoms with van der Waals surface area (Å²) >= 11 is 0. The van der Waals surface area contributed by atoms with E-state index in [0.717, 1.165) is 19.3 Å². The number of hydrogen-bond acceptors (Lipinski definition) is 3. The number of nitrogens with one attached hydrogen (secondary N) is 1. The van der Waals surface area contributed by atoms with Crippen LogP contribution < -0.4 is 0 Å². The van der Waals surface area contributed by atoms with Gasteiger partial charge in [0.1, 0.15) is 0 Å². The highest BCUT2D eigenvalue weighted by Crippen LogP contribution is 2.15. The van der Waals surface area contributed by atoms with Crippen LogP contribution in [0.5, 0.6) is 0 Å². The molecule has 0 aliphatic heterocycles. The molecule has 0 saturated carbocycles. The zero-order chi connectivity index (χ0) is 12.6. The van der Waals surface area contributed by atoms with Gasteiger partial charge in [-0.3, -0.25) is 4.79 Å². The number of aliphatic carboxylic acids is 1. The molecule has 3 N–H and O–H groups in total. The predicted molar refractivity (Wildman–Crippen MR) is 63.9 cm³/mol. The highest BCUT2D eigenvalue weighted by Gasteiger charge is 2.21. The van der Waals surface area contributed by atoms with E-state index < -0.39 is 11.9 Å². The first-order valence-electron chi connectivity index (χ1n) is 5.90. The Balaban J connectivity index is 3.95. The van der Waals surface area contributed by atoms with Gasteiger partial charge in [0, 0.05) is 18.7 Å². The first kappa shape index (κ1) is 15.1. The van der Waals surface area contributed by atoms with Crippen molar-refractivity contribution in [3.05, 3.63) is 0 Å². The lowest BCUT2D eigenvalue weighted by Crippen LogP contribution is -2.24. The zero-order valence-electron chi connectivity index (χ0n) is 10.2. The monoisotopic (exact) mass is 229 g/mol. The molecule has 4 nitrogen and oxygen atoms in total. The molecule has 0 bridgehead atoms. The number of carboxylic acids is 1. The average molecular weight is 229 g/mol. The smallest absolute Gasteiger partial charge is 0.312 e. The van der Waals surface area contributed by atoms with Crippen molar-refractivity contribution in [3.63, 3.8) is 0 Å². The maximum Gasteiger partial charge on any atom is 0.312 e. The van der Waals surface area contributed by atoms with E-state index >= 15 is 0 Å². The van der Waals surface area contributed by atoms with E-state index in [1.54, 1.807) is 0 Å². The minimum atomic E-state index is -0.942. The topological polar surface area (TPSA) is 81.4 Å². The number of carboxylic acid groups (broad SMARTS) is 1. The van der Waals surface area contributed by atoms with Gasteiger partial charge in [0.2, 0.25) is 0 Å². The van der Waals surface area contributed by atoms with Gasteiger partial charge in [0.25, 0.3) is 0 Å². The van der Waals surface area contributed by atoms with Crippen LogP contribution in [0.4, 0.5) is 0 Å². The fraction of sp³-hybridized carbons (Fsp3) is 0.833. The lowest BCUT2D eigenvalue weighted by molar-refractivity contribution is -0.139. The number of unbranched alkanes of at least 4 members (excludes halogenated alkanes) is 1. The number of rotatable bonds is 9. The minimum Gasteiger partial charge on any atom is -0.481 e. The number of hydrogen-bond donors (Lipinski definition) is 3. The van der Waals surface area contributed by atoms with E-state index in [0.29, 0.717) is 12.3 Å². The molecule has 0 aromatic carbocycles. The Morgan fingerprint density at radius 3 is 2.25 bits per heavy atom. The fourth-order valence-electron chi connectivity index (χ4n) is 1.64. The molecule has 0 aliphatic rings. The Kier molecular flexibility index (Phi) is 7.81. The Morgan fingerprint density at radius 2 is 1.81 bits per heavy atom. The lowest BCUT2D eigenvalue weighted by atomic mass is 9.93. The van der Waals surface area contributed by atoms with Gasteiger partial charge < -0.3 is 15.6 Å². The Morgan fingerprint density at radius 1 is 1.25 bits per heavy atom. The third kappa shape index (κ3) is 6.56. The van der Waals surface area contributed by atoms with Crippen LogP contribution in [0, 0.1) is 17.2 Å². The van der Waals surface area contributed by atoms with Crippen molar-refractivity contribution in [2.75, 3.05) is 6.61 Å². The predicted octanol–water partition coefficient (Wildman–Crippen LogP) is 2.31. The van der Waals surface area contributed by atoms with Crippen molar-refractivity contribution in [1.29, 1.82) is 5.41 Å². The molecule has 0 heterocycles. The van der Waals surface area contributed by atoms with E-state index in [2.05, 4.69) is 13.8 Å². The summed E-state index contributed by atoms with van der Waals surface area (Å²) in [6.45, 7) is 4.14. The van der Waals surface area contributed by atoms with Crippen molar-refractivity contribution >= 4 is 11.7 Å². The molecule has 0 amide bonds. The van der Waals surface area contributed by atoms with Gasteiger partial charge in [-0.1, -0.05) is 33.1 Å². The van der Waals surface area contributed by atoms with Gasteiger partial charge >= 0.3 is 5.97 Å². The summed E-state index contributed by atoms with van der Waals surface area (Å²) in [5, 5.41) is 25.2. The molecule has 0 spiro atoms. The molecular weight excluding hydrogens is 206 g/mol. The summed E-state index contributed by atoms with van der Waals surface area (Å²) in [5.41, 5.74) is 0.138. The normalized spacial score (nSPS) is 12.8. The third-order valence-electron chi connectivity index (χ3n) is 2.62. The van der Waals surface area contributed by atoms with Crippen LogP contribution in [0.3, 0.4) is 0 Å². The minimum absolute atomic E-state index is 0.138. The van der Waals surface area contributed by atoms with E-state index in [1.165, 1.54) is 0 Å². The van der Waals surface area contributed by atoms with E-state index in [9.17, 15) is 4.79 Å². The largest absolute Gasteiger partial charge is 0.481 e. The van der Waals surface area contributed by atoms with Crippen LogP contribution in [0.1, 0.15) is 46.0 Å². The summed E-state index contributed by atoms with van der Waals surface area (Å²) in [7, 11) is 0. The van der Waals surface area contributed by atoms with Gasteiger partial charge in [-0.05, 0) is 12.3 Å². The molecule has 0 aromatic rings. The summed E-state index contributed by atoms with van der Waals surface area (Å²) < 4.78 is 0. The SMILES string of the molecule is CC(C)CCCCC(C(=N)CCO)C(=O)O. The molecule has 0 aliphatic carbocycles. The quantitative estimate of drug-likeness (QED) is 0.419. The Bertz CT molecular complexity index is 226. The van der Waals surface area contributed by atoms with Gasteiger partial charge in [-0.25, -0.2) is 0 Å². The molecule has 16 heavy (non-hydrogen) atoms. The molecule has 0 fully saturated rings. The maximum atomic E-state index is 10.9. The van der Waals surface area contributed by atoms with Crippen LogP contribution in [0.25, 0.3) is 0 Å². The fourth-order valence-corrected chi connectivity index (χ4v) is 1.64. The summed E-state index contributed by atoms with van der Waals surface area (Å²) in [5.74, 6) is -1.01. The average Bonchev–Trinajstić information content (AvgIpc) is 2.16. The maximum absolute atomic E-state index is 10.9. The van der Waals surface area contributed by atoms with Crippen LogP contribution in [0.15, 0.2) is 0 Å². The first-order chi connectivity index (χ1) is 7.49. The highest BCUT2D eigenvalue weighted by atomic mass is 16.4. The Hall–Kier alpha value is -0.900. The van der Waals surface area contributed by atoms with Gasteiger partial charge in [0.15, 0.2) is 0 Å². The molecule has 4 heteroatoms. The molecule has 94 valence electrons. The number of carbonyl (C=O) groups is 1. The number of aliphatic hydroxyl groups excluding tert-OH is 1. The third-order valence-corrected chi connectivity index (χ3v) is 2.62.